The van der Waals surface area contributed by atoms with Gasteiger partial charge in [-0.1, -0.05) is 17.7 Å². The van der Waals surface area contributed by atoms with Crippen LogP contribution < -0.4 is 4.74 Å². The van der Waals surface area contributed by atoms with Gasteiger partial charge in [-0.2, -0.15) is 0 Å². The Morgan fingerprint density at radius 2 is 2.06 bits per heavy atom. The summed E-state index contributed by atoms with van der Waals surface area (Å²) < 4.78 is 10.6. The molecule has 1 aromatic carbocycles. The number of likely N-dealkylation sites (N-methyl/N-ethyl adjacent to an activating group) is 1. The van der Waals surface area contributed by atoms with E-state index in [1.54, 1.807) is 7.11 Å². The smallest absolute Gasteiger partial charge is 0.120 e. The van der Waals surface area contributed by atoms with E-state index < -0.39 is 0 Å². The lowest BCUT2D eigenvalue weighted by atomic mass is 10.3. The maximum Gasteiger partial charge on any atom is 0.120 e. The van der Waals surface area contributed by atoms with Crippen molar-refractivity contribution in [2.45, 2.75) is 6.42 Å². The SMILES string of the molecule is COCCN(C)CCCOc1cccc(Cl)c1. The van der Waals surface area contributed by atoms with E-state index in [2.05, 4.69) is 11.9 Å². The number of benzene rings is 1. The Hall–Kier alpha value is -0.770. The molecule has 1 aromatic rings. The zero-order valence-electron chi connectivity index (χ0n) is 10.5. The van der Waals surface area contributed by atoms with Crippen LogP contribution >= 0.6 is 11.6 Å². The highest BCUT2D eigenvalue weighted by Crippen LogP contribution is 2.17. The van der Waals surface area contributed by atoms with Gasteiger partial charge in [0.05, 0.1) is 13.2 Å². The summed E-state index contributed by atoms with van der Waals surface area (Å²) in [5.41, 5.74) is 0. The average molecular weight is 258 g/mol. The van der Waals surface area contributed by atoms with E-state index in [9.17, 15) is 0 Å². The van der Waals surface area contributed by atoms with Gasteiger partial charge in [0.1, 0.15) is 5.75 Å². The van der Waals surface area contributed by atoms with Gasteiger partial charge in [-0.25, -0.2) is 0 Å². The fraction of sp³-hybridized carbons (Fsp3) is 0.538. The van der Waals surface area contributed by atoms with Crippen molar-refractivity contribution in [1.29, 1.82) is 0 Å². The molecular formula is C13H20ClNO2. The second kappa shape index (κ2) is 8.34. The first kappa shape index (κ1) is 14.3. The molecule has 0 aliphatic carbocycles. The average Bonchev–Trinajstić information content (AvgIpc) is 2.32. The van der Waals surface area contributed by atoms with Crippen molar-refractivity contribution in [2.75, 3.05) is 40.5 Å². The van der Waals surface area contributed by atoms with Crippen LogP contribution in [0.25, 0.3) is 0 Å². The van der Waals surface area contributed by atoms with E-state index in [4.69, 9.17) is 21.1 Å². The number of hydrogen-bond acceptors (Lipinski definition) is 3. The molecule has 0 atom stereocenters. The lowest BCUT2D eigenvalue weighted by Crippen LogP contribution is -2.25. The highest BCUT2D eigenvalue weighted by atomic mass is 35.5. The Bertz CT molecular complexity index is 320. The Balaban J connectivity index is 2.11. The van der Waals surface area contributed by atoms with E-state index >= 15 is 0 Å². The monoisotopic (exact) mass is 257 g/mol. The van der Waals surface area contributed by atoms with Crippen molar-refractivity contribution in [2.24, 2.45) is 0 Å². The van der Waals surface area contributed by atoms with Crippen molar-refractivity contribution in [3.05, 3.63) is 29.3 Å². The summed E-state index contributed by atoms with van der Waals surface area (Å²) >= 11 is 5.86. The lowest BCUT2D eigenvalue weighted by molar-refractivity contribution is 0.157. The quantitative estimate of drug-likeness (QED) is 0.669. The van der Waals surface area contributed by atoms with Gasteiger partial charge < -0.3 is 14.4 Å². The van der Waals surface area contributed by atoms with Gasteiger partial charge in [-0.15, -0.1) is 0 Å². The Morgan fingerprint density at radius 1 is 1.24 bits per heavy atom. The number of hydrogen-bond donors (Lipinski definition) is 0. The first-order chi connectivity index (χ1) is 8.22. The van der Waals surface area contributed by atoms with Crippen molar-refractivity contribution in [1.82, 2.24) is 4.90 Å². The maximum absolute atomic E-state index is 5.86. The summed E-state index contributed by atoms with van der Waals surface area (Å²) in [5.74, 6) is 0.831. The van der Waals surface area contributed by atoms with E-state index in [-0.39, 0.29) is 0 Å². The predicted molar refractivity (Wildman–Crippen MR) is 70.9 cm³/mol. The molecular weight excluding hydrogens is 238 g/mol. The van der Waals surface area contributed by atoms with Crippen LogP contribution in [0.3, 0.4) is 0 Å². The molecule has 0 fully saturated rings. The first-order valence-electron chi connectivity index (χ1n) is 5.78. The number of methoxy groups -OCH3 is 1. The molecule has 0 aliphatic rings. The molecule has 0 radical (unpaired) electrons. The molecule has 0 saturated heterocycles. The highest BCUT2D eigenvalue weighted by molar-refractivity contribution is 6.30. The van der Waals surface area contributed by atoms with Gasteiger partial charge in [0.25, 0.3) is 0 Å². The molecule has 4 heteroatoms. The molecule has 0 heterocycles. The molecule has 0 aromatic heterocycles. The van der Waals surface area contributed by atoms with Crippen LogP contribution in [0.1, 0.15) is 6.42 Å². The zero-order valence-corrected chi connectivity index (χ0v) is 11.2. The van der Waals surface area contributed by atoms with E-state index in [0.29, 0.717) is 11.6 Å². The Kier molecular flexibility index (Phi) is 7.01. The molecule has 0 amide bonds. The summed E-state index contributed by atoms with van der Waals surface area (Å²) in [7, 11) is 3.80. The third-order valence-electron chi connectivity index (χ3n) is 2.43. The second-order valence-electron chi connectivity index (χ2n) is 3.96. The fourth-order valence-corrected chi connectivity index (χ4v) is 1.62. The molecule has 0 bridgehead atoms. The molecule has 0 spiro atoms. The molecule has 0 N–H and O–H groups in total. The Morgan fingerprint density at radius 3 is 2.76 bits per heavy atom. The number of rotatable bonds is 8. The van der Waals surface area contributed by atoms with Crippen LogP contribution in [0.5, 0.6) is 5.75 Å². The van der Waals surface area contributed by atoms with E-state index in [1.165, 1.54) is 0 Å². The van der Waals surface area contributed by atoms with Crippen LogP contribution in [0.15, 0.2) is 24.3 Å². The molecule has 17 heavy (non-hydrogen) atoms. The van der Waals surface area contributed by atoms with Gasteiger partial charge in [-0.3, -0.25) is 0 Å². The summed E-state index contributed by atoms with van der Waals surface area (Å²) in [6, 6.07) is 7.48. The van der Waals surface area contributed by atoms with Crippen molar-refractivity contribution >= 4 is 11.6 Å². The van der Waals surface area contributed by atoms with Gasteiger partial charge in [-0.05, 0) is 31.7 Å². The fourth-order valence-electron chi connectivity index (χ4n) is 1.44. The number of ether oxygens (including phenoxy) is 2. The van der Waals surface area contributed by atoms with Crippen molar-refractivity contribution in [3.63, 3.8) is 0 Å². The Labute approximate surface area is 108 Å². The van der Waals surface area contributed by atoms with Crippen LogP contribution in [-0.2, 0) is 4.74 Å². The van der Waals surface area contributed by atoms with Gasteiger partial charge in [0.15, 0.2) is 0 Å². The summed E-state index contributed by atoms with van der Waals surface area (Å²) in [6.45, 7) is 3.43. The minimum Gasteiger partial charge on any atom is -0.493 e. The van der Waals surface area contributed by atoms with Gasteiger partial charge in [0, 0.05) is 25.2 Å². The van der Waals surface area contributed by atoms with Gasteiger partial charge in [0.2, 0.25) is 0 Å². The standard InChI is InChI=1S/C13H20ClNO2/c1-15(8-10-16-2)7-4-9-17-13-6-3-5-12(14)11-13/h3,5-6,11H,4,7-10H2,1-2H3. The predicted octanol–water partition coefficient (Wildman–Crippen LogP) is 2.69. The number of halogens is 1. The minimum absolute atomic E-state index is 0.706. The lowest BCUT2D eigenvalue weighted by Gasteiger charge is -2.15. The molecule has 0 saturated carbocycles. The van der Waals surface area contributed by atoms with Crippen LogP contribution in [0, 0.1) is 0 Å². The van der Waals surface area contributed by atoms with Gasteiger partial charge >= 0.3 is 0 Å². The summed E-state index contributed by atoms with van der Waals surface area (Å²) in [4.78, 5) is 2.23. The summed E-state index contributed by atoms with van der Waals surface area (Å²) in [6.07, 6.45) is 0.993. The van der Waals surface area contributed by atoms with Crippen molar-refractivity contribution in [3.8, 4) is 5.75 Å². The molecule has 0 aliphatic heterocycles. The summed E-state index contributed by atoms with van der Waals surface area (Å²) in [5, 5.41) is 0.708. The molecule has 1 rings (SSSR count). The first-order valence-corrected chi connectivity index (χ1v) is 6.16. The second-order valence-corrected chi connectivity index (χ2v) is 4.39. The molecule has 0 unspecified atom stereocenters. The highest BCUT2D eigenvalue weighted by Gasteiger charge is 1.98. The number of nitrogens with zero attached hydrogens (tertiary/aromatic N) is 1. The molecule has 96 valence electrons. The zero-order chi connectivity index (χ0) is 12.5. The largest absolute Gasteiger partial charge is 0.493 e. The molecule has 3 nitrogen and oxygen atoms in total. The van der Waals surface area contributed by atoms with Crippen LogP contribution in [0.4, 0.5) is 0 Å². The van der Waals surface area contributed by atoms with Crippen molar-refractivity contribution < 1.29 is 9.47 Å². The third-order valence-corrected chi connectivity index (χ3v) is 2.66. The topological polar surface area (TPSA) is 21.7 Å². The van der Waals surface area contributed by atoms with Crippen LogP contribution in [0.2, 0.25) is 5.02 Å². The normalized spacial score (nSPS) is 10.8. The van der Waals surface area contributed by atoms with E-state index in [1.807, 2.05) is 24.3 Å². The third kappa shape index (κ3) is 6.51. The van der Waals surface area contributed by atoms with E-state index in [0.717, 1.165) is 31.9 Å². The minimum atomic E-state index is 0.706. The maximum atomic E-state index is 5.86. The van der Waals surface area contributed by atoms with Crippen LogP contribution in [-0.4, -0.2) is 45.4 Å².